The molecule has 3 rings (SSSR count). The van der Waals surface area contributed by atoms with E-state index < -0.39 is 47.9 Å². The highest BCUT2D eigenvalue weighted by atomic mass is 16.8. The van der Waals surface area contributed by atoms with Crippen LogP contribution in [-0.2, 0) is 49.2 Å². The fraction of sp³-hybridized carbons (Fsp3) is 0.786. The molecule has 0 aromatic heterocycles. The molecule has 0 radical (unpaired) electrons. The maximum absolute atomic E-state index is 11.4. The van der Waals surface area contributed by atoms with E-state index >= 15 is 0 Å². The topological polar surface area (TPSA) is 257 Å². The fourth-order valence-electron chi connectivity index (χ4n) is 7.58. The van der Waals surface area contributed by atoms with Crippen molar-refractivity contribution in [1.82, 2.24) is 0 Å². The zero-order valence-electron chi connectivity index (χ0n) is 47.1. The number of Topliss-reactive ketones (excluding diaryl/α,β-unsaturated/α-hetero) is 3. The first kappa shape index (κ1) is 71.6. The molecule has 0 amide bonds. The maximum Gasteiger partial charge on any atom is 0.508 e. The van der Waals surface area contributed by atoms with Gasteiger partial charge in [-0.1, -0.05) is 80.1 Å². The molecule has 4 N–H and O–H groups in total. The lowest BCUT2D eigenvalue weighted by Crippen LogP contribution is -2.41. The number of aliphatic hydroxyl groups is 4. The molecule has 0 spiro atoms. The quantitative estimate of drug-likeness (QED) is 0.0382. The molecule has 2 unspecified atom stereocenters. The number of benzene rings is 1. The van der Waals surface area contributed by atoms with Crippen molar-refractivity contribution in [3.8, 4) is 11.5 Å². The number of ketones is 3. The fourth-order valence-corrected chi connectivity index (χ4v) is 7.58. The molecule has 5 atom stereocenters. The van der Waals surface area contributed by atoms with E-state index in [1.165, 1.54) is 108 Å². The molecule has 1 fully saturated rings. The van der Waals surface area contributed by atoms with Gasteiger partial charge in [0.2, 0.25) is 0 Å². The third kappa shape index (κ3) is 25.8. The van der Waals surface area contributed by atoms with E-state index in [4.69, 9.17) is 39.4 Å². The number of rotatable bonds is 26. The van der Waals surface area contributed by atoms with Crippen LogP contribution in [0.25, 0.3) is 0 Å². The highest BCUT2D eigenvalue weighted by Crippen LogP contribution is 2.45. The van der Waals surface area contributed by atoms with Gasteiger partial charge in [-0.3, -0.25) is 14.4 Å². The summed E-state index contributed by atoms with van der Waals surface area (Å²) in [4.78, 5) is 66.8. The normalized spacial score (nSPS) is 17.6. The molecular formula is C56H98O18. The molecule has 0 aliphatic carbocycles. The highest BCUT2D eigenvalue weighted by molar-refractivity contribution is 5.84. The van der Waals surface area contributed by atoms with E-state index in [1.807, 2.05) is 0 Å². The van der Waals surface area contributed by atoms with Crippen LogP contribution in [0.5, 0.6) is 11.5 Å². The van der Waals surface area contributed by atoms with Gasteiger partial charge in [-0.2, -0.15) is 0 Å². The predicted octanol–water partition coefficient (Wildman–Crippen LogP) is 9.97. The van der Waals surface area contributed by atoms with Crippen LogP contribution in [0.15, 0.2) is 0 Å². The van der Waals surface area contributed by atoms with Gasteiger partial charge in [-0.15, -0.1) is 0 Å². The van der Waals surface area contributed by atoms with Gasteiger partial charge in [0.25, 0.3) is 0 Å². The van der Waals surface area contributed by atoms with Gasteiger partial charge in [0, 0.05) is 5.56 Å². The summed E-state index contributed by atoms with van der Waals surface area (Å²) >= 11 is 0. The van der Waals surface area contributed by atoms with Crippen LogP contribution in [0, 0.1) is 54.8 Å². The summed E-state index contributed by atoms with van der Waals surface area (Å²) in [6.07, 6.45) is 11.5. The van der Waals surface area contributed by atoms with E-state index in [0.717, 1.165) is 48.5 Å². The van der Waals surface area contributed by atoms with E-state index in [0.29, 0.717) is 0 Å². The van der Waals surface area contributed by atoms with Crippen molar-refractivity contribution in [2.24, 2.45) is 34.0 Å². The van der Waals surface area contributed by atoms with Gasteiger partial charge in [0.05, 0.1) is 49.8 Å². The molecule has 1 aromatic rings. The van der Waals surface area contributed by atoms with Crippen molar-refractivity contribution < 1.29 is 87.1 Å². The zero-order valence-corrected chi connectivity index (χ0v) is 47.1. The summed E-state index contributed by atoms with van der Waals surface area (Å²) in [5.41, 5.74) is 2.00. The minimum absolute atomic E-state index is 0. The Balaban J connectivity index is 0. The molecule has 0 bridgehead atoms. The van der Waals surface area contributed by atoms with Gasteiger partial charge in [0.1, 0.15) is 74.1 Å². The number of cyclic esters (lactones) is 2. The maximum atomic E-state index is 11.4. The van der Waals surface area contributed by atoms with Crippen molar-refractivity contribution in [1.29, 1.82) is 0 Å². The number of aliphatic hydroxyl groups excluding tert-OH is 4. The first-order valence-corrected chi connectivity index (χ1v) is 25.7. The number of ether oxygens (including phenoxy) is 8. The van der Waals surface area contributed by atoms with E-state index in [-0.39, 0.29) is 83.2 Å². The van der Waals surface area contributed by atoms with E-state index in [2.05, 4.69) is 74.3 Å². The Labute approximate surface area is 443 Å². The summed E-state index contributed by atoms with van der Waals surface area (Å²) < 4.78 is 40.2. The van der Waals surface area contributed by atoms with Crippen LogP contribution >= 0.6 is 0 Å². The third-order valence-corrected chi connectivity index (χ3v) is 13.9. The number of methoxy groups -OCH3 is 1. The second-order valence-corrected chi connectivity index (χ2v) is 21.3. The molecule has 74 heavy (non-hydrogen) atoms. The minimum atomic E-state index is -1.21. The SMILES string of the molecule is C.CC(=O)C(C)(CO)COC(=O)OCCOC(=O)OCC(C)(CO)C(C)=O.CC(=O)C1(C)COC(=O)OC1.COc1c(C)c(C)c2c(c1C)CC[C@@](C)(CCC[C@H](C)CCC[C@H](C)CCCC(C)C)O2.OCCO. The summed E-state index contributed by atoms with van der Waals surface area (Å²) in [6, 6.07) is 0. The van der Waals surface area contributed by atoms with Gasteiger partial charge < -0.3 is 58.3 Å². The molecule has 18 nitrogen and oxygen atoms in total. The molecule has 2 aliphatic heterocycles. The number of carbonyl (C=O) groups is 6. The number of carbonyl (C=O) groups excluding carboxylic acids is 6. The smallest absolute Gasteiger partial charge is 0.496 e. The summed E-state index contributed by atoms with van der Waals surface area (Å²) in [5, 5.41) is 33.5. The molecule has 0 saturated carbocycles. The standard InChI is InChI=1S/C30H52O2.C16H26O10.C7H10O4.C2H6O2.CH4/c1-21(2)13-10-14-22(3)15-11-16-23(4)17-12-19-30(8)20-18-27-26(7)28(31-9)24(5)25(6)29(27)32-30;1-11(19)15(3,7-17)9-25-13(21)23-5-6-24-14(22)26-10-16(4,8-18)12(2)20;1-5(8)7(2)3-10-6(9)11-4-7;3-1-2-4;/h21-23H,10-20H2,1-9H3;17-18H,5-10H2,1-4H3;3-4H2,1-2H3;3-4H,1-2H2;1H4/t22-,23-,30-;;;;/m1..../s1. The van der Waals surface area contributed by atoms with Crippen LogP contribution < -0.4 is 9.47 Å². The van der Waals surface area contributed by atoms with Crippen molar-refractivity contribution >= 4 is 35.8 Å². The zero-order chi connectivity index (χ0) is 56.2. The average Bonchev–Trinajstić information content (AvgIpc) is 3.34. The monoisotopic (exact) mass is 1060 g/mol. The molecular weight excluding hydrogens is 961 g/mol. The van der Waals surface area contributed by atoms with Crippen LogP contribution in [0.2, 0.25) is 0 Å². The first-order valence-electron chi connectivity index (χ1n) is 25.7. The van der Waals surface area contributed by atoms with E-state index in [9.17, 15) is 28.8 Å². The largest absolute Gasteiger partial charge is 0.508 e. The third-order valence-electron chi connectivity index (χ3n) is 13.9. The summed E-state index contributed by atoms with van der Waals surface area (Å²) in [6.45, 7) is 24.7. The highest BCUT2D eigenvalue weighted by Gasteiger charge is 2.38. The lowest BCUT2D eigenvalue weighted by Gasteiger charge is -2.38. The van der Waals surface area contributed by atoms with Crippen molar-refractivity contribution in [3.63, 3.8) is 0 Å². The molecule has 2 heterocycles. The Bertz CT molecular complexity index is 1810. The number of hydrogen-bond acceptors (Lipinski definition) is 18. The Kier molecular flexibility index (Phi) is 34.5. The molecule has 430 valence electrons. The Hall–Kier alpha value is -4.52. The Morgan fingerprint density at radius 1 is 0.662 bits per heavy atom. The first-order chi connectivity index (χ1) is 34.0. The Morgan fingerprint density at radius 3 is 1.47 bits per heavy atom. The van der Waals surface area contributed by atoms with E-state index in [1.54, 1.807) is 14.0 Å². The van der Waals surface area contributed by atoms with Crippen LogP contribution in [-0.4, -0.2) is 135 Å². The average molecular weight is 1060 g/mol. The van der Waals surface area contributed by atoms with Crippen molar-refractivity contribution in [2.75, 3.05) is 73.2 Å². The van der Waals surface area contributed by atoms with Crippen LogP contribution in [0.1, 0.15) is 170 Å². The molecule has 1 aromatic carbocycles. The van der Waals surface area contributed by atoms with Crippen LogP contribution in [0.4, 0.5) is 14.4 Å². The van der Waals surface area contributed by atoms with Gasteiger partial charge in [-0.25, -0.2) is 14.4 Å². The number of hydrogen-bond donors (Lipinski definition) is 4. The second-order valence-electron chi connectivity index (χ2n) is 21.3. The summed E-state index contributed by atoms with van der Waals surface area (Å²) in [7, 11) is 1.78. The summed E-state index contributed by atoms with van der Waals surface area (Å²) in [5.74, 6) is 4.02. The molecule has 2 aliphatic rings. The minimum Gasteiger partial charge on any atom is -0.496 e. The lowest BCUT2D eigenvalue weighted by molar-refractivity contribution is -0.136. The number of fused-ring (bicyclic) bond motifs is 1. The van der Waals surface area contributed by atoms with Gasteiger partial charge in [0.15, 0.2) is 0 Å². The lowest BCUT2D eigenvalue weighted by atomic mass is 9.83. The van der Waals surface area contributed by atoms with Crippen molar-refractivity contribution in [3.05, 3.63) is 22.3 Å². The predicted molar refractivity (Wildman–Crippen MR) is 283 cm³/mol. The Morgan fingerprint density at radius 2 is 1.09 bits per heavy atom. The van der Waals surface area contributed by atoms with Crippen molar-refractivity contribution in [2.45, 2.75) is 181 Å². The molecule has 1 saturated heterocycles. The second kappa shape index (κ2) is 35.7. The molecule has 18 heteroatoms. The van der Waals surface area contributed by atoms with Gasteiger partial charge >= 0.3 is 18.5 Å². The van der Waals surface area contributed by atoms with Crippen LogP contribution in [0.3, 0.4) is 0 Å². The van der Waals surface area contributed by atoms with Gasteiger partial charge in [-0.05, 0) is 129 Å².